The van der Waals surface area contributed by atoms with Gasteiger partial charge in [-0.15, -0.1) is 0 Å². The molecule has 144 valence electrons. The lowest BCUT2D eigenvalue weighted by Crippen LogP contribution is -2.40. The fourth-order valence-corrected chi connectivity index (χ4v) is 3.11. The van der Waals surface area contributed by atoms with Crippen LogP contribution < -0.4 is 4.90 Å². The molecule has 1 saturated heterocycles. The number of amides is 2. The van der Waals surface area contributed by atoms with Gasteiger partial charge in [-0.3, -0.25) is 9.69 Å². The lowest BCUT2D eigenvalue weighted by Gasteiger charge is -2.28. The van der Waals surface area contributed by atoms with Gasteiger partial charge in [0, 0.05) is 30.9 Å². The predicted octanol–water partition coefficient (Wildman–Crippen LogP) is 3.08. The summed E-state index contributed by atoms with van der Waals surface area (Å²) in [6.45, 7) is 13.8. The number of rotatable bonds is 9. The third-order valence-corrected chi connectivity index (χ3v) is 4.64. The Labute approximate surface area is 156 Å². The van der Waals surface area contributed by atoms with Crippen molar-refractivity contribution in [3.63, 3.8) is 0 Å². The molecule has 0 N–H and O–H groups in total. The molecule has 0 aliphatic carbocycles. The van der Waals surface area contributed by atoms with Gasteiger partial charge < -0.3 is 14.5 Å². The summed E-state index contributed by atoms with van der Waals surface area (Å²) in [6.07, 6.45) is -0.329. The van der Waals surface area contributed by atoms with Crippen LogP contribution in [0.3, 0.4) is 0 Å². The van der Waals surface area contributed by atoms with Crippen molar-refractivity contribution in [2.75, 3.05) is 50.8 Å². The Balaban J connectivity index is 2.07. The third-order valence-electron chi connectivity index (χ3n) is 4.64. The molecule has 26 heavy (non-hydrogen) atoms. The molecule has 0 aromatic heterocycles. The smallest absolute Gasteiger partial charge is 0.414 e. The van der Waals surface area contributed by atoms with Crippen molar-refractivity contribution in [3.05, 3.63) is 29.8 Å². The van der Waals surface area contributed by atoms with Crippen LogP contribution in [0.4, 0.5) is 10.5 Å². The number of anilines is 1. The maximum atomic E-state index is 13.0. The number of nitrogens with zero attached hydrogens (tertiary/aromatic N) is 3. The molecule has 0 atom stereocenters. The fraction of sp³-hybridized carbons (Fsp3) is 0.600. The number of ether oxygens (including phenoxy) is 1. The van der Waals surface area contributed by atoms with E-state index < -0.39 is 0 Å². The zero-order chi connectivity index (χ0) is 19.1. The highest BCUT2D eigenvalue weighted by atomic mass is 16.6. The van der Waals surface area contributed by atoms with Crippen molar-refractivity contribution in [1.82, 2.24) is 9.80 Å². The number of cyclic esters (lactones) is 1. The topological polar surface area (TPSA) is 53.1 Å². The Kier molecular flexibility index (Phi) is 7.45. The quantitative estimate of drug-likeness (QED) is 0.678. The van der Waals surface area contributed by atoms with Crippen molar-refractivity contribution >= 4 is 17.7 Å². The number of hydrogen-bond donors (Lipinski definition) is 0. The summed E-state index contributed by atoms with van der Waals surface area (Å²) in [5, 5.41) is 0. The first-order valence-electron chi connectivity index (χ1n) is 9.52. The average Bonchev–Trinajstić information content (AvgIpc) is 3.06. The van der Waals surface area contributed by atoms with Crippen molar-refractivity contribution in [1.29, 1.82) is 0 Å². The van der Waals surface area contributed by atoms with Gasteiger partial charge in [-0.05, 0) is 43.3 Å². The summed E-state index contributed by atoms with van der Waals surface area (Å²) < 4.78 is 4.96. The van der Waals surface area contributed by atoms with Crippen molar-refractivity contribution in [2.45, 2.75) is 27.7 Å². The summed E-state index contributed by atoms with van der Waals surface area (Å²) in [5.41, 5.74) is 1.42. The highest BCUT2D eigenvalue weighted by molar-refractivity contribution is 5.95. The Morgan fingerprint density at radius 2 is 1.81 bits per heavy atom. The summed E-state index contributed by atoms with van der Waals surface area (Å²) in [4.78, 5) is 30.5. The van der Waals surface area contributed by atoms with Crippen LogP contribution in [0.25, 0.3) is 0 Å². The van der Waals surface area contributed by atoms with Crippen molar-refractivity contribution in [3.8, 4) is 0 Å². The second-order valence-corrected chi connectivity index (χ2v) is 6.98. The SMILES string of the molecule is CCN(CC)CCN(CC(C)C)C(=O)c1ccc(N2CCOC2=O)cc1. The van der Waals surface area contributed by atoms with Gasteiger partial charge in [0.1, 0.15) is 6.61 Å². The molecule has 2 rings (SSSR count). The Hall–Kier alpha value is -2.08. The lowest BCUT2D eigenvalue weighted by molar-refractivity contribution is 0.0716. The Morgan fingerprint density at radius 1 is 1.15 bits per heavy atom. The molecule has 1 fully saturated rings. The molecule has 1 heterocycles. The highest BCUT2D eigenvalue weighted by Gasteiger charge is 2.24. The monoisotopic (exact) mass is 361 g/mol. The van der Waals surface area contributed by atoms with E-state index in [2.05, 4.69) is 32.6 Å². The minimum absolute atomic E-state index is 0.0430. The molecule has 1 aromatic rings. The molecular weight excluding hydrogens is 330 g/mol. The van der Waals surface area contributed by atoms with Crippen LogP contribution in [0, 0.1) is 5.92 Å². The second-order valence-electron chi connectivity index (χ2n) is 6.98. The van der Waals surface area contributed by atoms with E-state index in [4.69, 9.17) is 4.74 Å². The molecule has 1 aliphatic rings. The van der Waals surface area contributed by atoms with E-state index in [0.717, 1.165) is 38.4 Å². The minimum atomic E-state index is -0.329. The van der Waals surface area contributed by atoms with Gasteiger partial charge in [-0.1, -0.05) is 27.7 Å². The van der Waals surface area contributed by atoms with Crippen LogP contribution >= 0.6 is 0 Å². The first-order valence-corrected chi connectivity index (χ1v) is 9.52. The van der Waals surface area contributed by atoms with Crippen LogP contribution in [0.5, 0.6) is 0 Å². The van der Waals surface area contributed by atoms with Crippen LogP contribution in [-0.4, -0.2) is 67.7 Å². The van der Waals surface area contributed by atoms with Gasteiger partial charge in [0.05, 0.1) is 6.54 Å². The second kappa shape index (κ2) is 9.57. The number of hydrogen-bond acceptors (Lipinski definition) is 4. The van der Waals surface area contributed by atoms with Crippen LogP contribution in [0.2, 0.25) is 0 Å². The molecule has 6 heteroatoms. The van der Waals surface area contributed by atoms with E-state index in [-0.39, 0.29) is 12.0 Å². The Bertz CT molecular complexity index is 597. The van der Waals surface area contributed by atoms with Crippen LogP contribution in [0.1, 0.15) is 38.1 Å². The van der Waals surface area contributed by atoms with Crippen molar-refractivity contribution in [2.24, 2.45) is 5.92 Å². The standard InChI is InChI=1S/C20H31N3O3/c1-5-21(6-2)11-12-22(15-16(3)4)19(24)17-7-9-18(10-8-17)23-13-14-26-20(23)25/h7-10,16H,5-6,11-15H2,1-4H3. The number of carbonyl (C=O) groups excluding carboxylic acids is 2. The molecule has 0 saturated carbocycles. The highest BCUT2D eigenvalue weighted by Crippen LogP contribution is 2.20. The van der Waals surface area contributed by atoms with Crippen molar-refractivity contribution < 1.29 is 14.3 Å². The minimum Gasteiger partial charge on any atom is -0.447 e. The molecule has 0 bridgehead atoms. The summed E-state index contributed by atoms with van der Waals surface area (Å²) in [5.74, 6) is 0.454. The fourth-order valence-electron chi connectivity index (χ4n) is 3.11. The zero-order valence-corrected chi connectivity index (χ0v) is 16.4. The van der Waals surface area contributed by atoms with Crippen LogP contribution in [0.15, 0.2) is 24.3 Å². The first-order chi connectivity index (χ1) is 12.5. The van der Waals surface area contributed by atoms with E-state index in [1.165, 1.54) is 0 Å². The molecule has 6 nitrogen and oxygen atoms in total. The normalized spacial score (nSPS) is 14.2. The molecule has 1 aromatic carbocycles. The van der Waals surface area contributed by atoms with Gasteiger partial charge in [0.15, 0.2) is 0 Å². The molecular formula is C20H31N3O3. The van der Waals surface area contributed by atoms with E-state index >= 15 is 0 Å². The number of likely N-dealkylation sites (N-methyl/N-ethyl adjacent to an activating group) is 1. The molecule has 0 unspecified atom stereocenters. The molecule has 2 amide bonds. The summed E-state index contributed by atoms with van der Waals surface area (Å²) in [6, 6.07) is 7.23. The first kappa shape index (κ1) is 20.2. The van der Waals surface area contributed by atoms with Gasteiger partial charge in [-0.25, -0.2) is 4.79 Å². The average molecular weight is 361 g/mol. The largest absolute Gasteiger partial charge is 0.447 e. The molecule has 1 aliphatic heterocycles. The Morgan fingerprint density at radius 3 is 2.31 bits per heavy atom. The van der Waals surface area contributed by atoms with E-state index in [0.29, 0.717) is 24.6 Å². The maximum absolute atomic E-state index is 13.0. The van der Waals surface area contributed by atoms with Crippen LogP contribution in [-0.2, 0) is 4.74 Å². The zero-order valence-electron chi connectivity index (χ0n) is 16.4. The molecule has 0 spiro atoms. The lowest BCUT2D eigenvalue weighted by atomic mass is 10.1. The molecule has 0 radical (unpaired) electrons. The van der Waals surface area contributed by atoms with Gasteiger partial charge in [-0.2, -0.15) is 0 Å². The summed E-state index contributed by atoms with van der Waals surface area (Å²) in [7, 11) is 0. The third kappa shape index (κ3) is 5.21. The van der Waals surface area contributed by atoms with E-state index in [9.17, 15) is 9.59 Å². The van der Waals surface area contributed by atoms with Gasteiger partial charge in [0.25, 0.3) is 5.91 Å². The maximum Gasteiger partial charge on any atom is 0.414 e. The number of benzene rings is 1. The van der Waals surface area contributed by atoms with Gasteiger partial charge >= 0.3 is 6.09 Å². The van der Waals surface area contributed by atoms with Gasteiger partial charge in [0.2, 0.25) is 0 Å². The predicted molar refractivity (Wildman–Crippen MR) is 104 cm³/mol. The van der Waals surface area contributed by atoms with E-state index in [1.807, 2.05) is 17.0 Å². The van der Waals surface area contributed by atoms with E-state index in [1.54, 1.807) is 17.0 Å². The summed E-state index contributed by atoms with van der Waals surface area (Å²) >= 11 is 0. The number of carbonyl (C=O) groups is 2.